The van der Waals surface area contributed by atoms with Gasteiger partial charge in [0.1, 0.15) is 0 Å². The predicted octanol–water partition coefficient (Wildman–Crippen LogP) is 1.21. The van der Waals surface area contributed by atoms with Gasteiger partial charge in [-0.1, -0.05) is 6.07 Å². The van der Waals surface area contributed by atoms with E-state index in [0.29, 0.717) is 5.56 Å². The summed E-state index contributed by atoms with van der Waals surface area (Å²) >= 11 is 0. The van der Waals surface area contributed by atoms with E-state index in [1.165, 1.54) is 19.2 Å². The van der Waals surface area contributed by atoms with E-state index in [9.17, 15) is 9.50 Å². The minimum Gasteiger partial charge on any atom is -0.494 e. The third-order valence-electron chi connectivity index (χ3n) is 2.08. The summed E-state index contributed by atoms with van der Waals surface area (Å²) in [6, 6.07) is 3.83. The van der Waals surface area contributed by atoms with Crippen LogP contribution in [0.4, 0.5) is 4.39 Å². The zero-order chi connectivity index (χ0) is 10.7. The van der Waals surface area contributed by atoms with Crippen LogP contribution in [0, 0.1) is 5.82 Å². The molecule has 14 heavy (non-hydrogen) atoms. The van der Waals surface area contributed by atoms with Gasteiger partial charge in [-0.3, -0.25) is 0 Å². The largest absolute Gasteiger partial charge is 0.494 e. The highest BCUT2D eigenvalue weighted by atomic mass is 19.1. The lowest BCUT2D eigenvalue weighted by Gasteiger charge is -2.15. The molecule has 0 aliphatic heterocycles. The zero-order valence-electron chi connectivity index (χ0n) is 8.20. The molecule has 3 nitrogen and oxygen atoms in total. The number of aliphatic hydroxyl groups excluding tert-OH is 1. The topological polar surface area (TPSA) is 55.5 Å². The molecule has 0 unspecified atom stereocenters. The maximum Gasteiger partial charge on any atom is 0.165 e. The summed E-state index contributed by atoms with van der Waals surface area (Å²) in [5, 5.41) is 9.21. The molecule has 0 radical (unpaired) electrons. The molecule has 0 bridgehead atoms. The van der Waals surface area contributed by atoms with Crippen LogP contribution in [-0.2, 0) is 0 Å². The molecule has 1 rings (SSSR count). The van der Waals surface area contributed by atoms with Gasteiger partial charge in [-0.15, -0.1) is 0 Å². The Morgan fingerprint density at radius 2 is 2.14 bits per heavy atom. The average molecular weight is 199 g/mol. The van der Waals surface area contributed by atoms with E-state index in [1.54, 1.807) is 13.0 Å². The Kier molecular flexibility index (Phi) is 3.43. The lowest BCUT2D eigenvalue weighted by atomic mass is 10.0. The Balaban J connectivity index is 2.96. The number of methoxy groups -OCH3 is 1. The summed E-state index contributed by atoms with van der Waals surface area (Å²) in [4.78, 5) is 0. The van der Waals surface area contributed by atoms with Crippen molar-refractivity contribution in [3.05, 3.63) is 29.6 Å². The van der Waals surface area contributed by atoms with Crippen LogP contribution in [0.15, 0.2) is 18.2 Å². The molecule has 0 saturated heterocycles. The highest BCUT2D eigenvalue weighted by Gasteiger charge is 2.13. The van der Waals surface area contributed by atoms with E-state index < -0.39 is 18.0 Å². The van der Waals surface area contributed by atoms with Crippen molar-refractivity contribution in [2.45, 2.75) is 19.1 Å². The maximum atomic E-state index is 13.2. The molecule has 2 atom stereocenters. The standard InChI is InChI=1S/C10H14FNO2/c1-6(13)10(12)7-3-4-9(14-2)8(11)5-7/h3-6,10,13H,12H2,1-2H3/t6-,10+/m1/s1. The average Bonchev–Trinajstić information content (AvgIpc) is 2.16. The number of nitrogens with two attached hydrogens (primary N) is 1. The lowest BCUT2D eigenvalue weighted by Crippen LogP contribution is -2.23. The van der Waals surface area contributed by atoms with Crippen molar-refractivity contribution in [1.82, 2.24) is 0 Å². The number of halogens is 1. The summed E-state index contributed by atoms with van der Waals surface area (Å²) in [6.45, 7) is 1.56. The molecule has 0 fully saturated rings. The highest BCUT2D eigenvalue weighted by Crippen LogP contribution is 2.22. The van der Waals surface area contributed by atoms with E-state index >= 15 is 0 Å². The summed E-state index contributed by atoms with van der Waals surface area (Å²) in [7, 11) is 1.40. The molecule has 3 N–H and O–H groups in total. The van der Waals surface area contributed by atoms with Crippen molar-refractivity contribution in [3.8, 4) is 5.75 Å². The summed E-state index contributed by atoms with van der Waals surface area (Å²) < 4.78 is 18.0. The van der Waals surface area contributed by atoms with Crippen LogP contribution in [0.2, 0.25) is 0 Å². The van der Waals surface area contributed by atoms with Gasteiger partial charge in [-0.2, -0.15) is 0 Å². The fourth-order valence-electron chi connectivity index (χ4n) is 1.17. The Bertz CT molecular complexity index is 315. The Hall–Kier alpha value is -1.13. The second kappa shape index (κ2) is 4.39. The van der Waals surface area contributed by atoms with Gasteiger partial charge in [0.25, 0.3) is 0 Å². The first-order valence-electron chi connectivity index (χ1n) is 4.33. The molecule has 1 aromatic rings. The van der Waals surface area contributed by atoms with Crippen LogP contribution < -0.4 is 10.5 Å². The van der Waals surface area contributed by atoms with Crippen molar-refractivity contribution in [2.75, 3.05) is 7.11 Å². The van der Waals surface area contributed by atoms with E-state index in [1.807, 2.05) is 0 Å². The molecule has 0 aromatic heterocycles. The molecule has 0 amide bonds. The van der Waals surface area contributed by atoms with Crippen molar-refractivity contribution in [2.24, 2.45) is 5.73 Å². The third kappa shape index (κ3) is 2.21. The van der Waals surface area contributed by atoms with Crippen LogP contribution in [0.3, 0.4) is 0 Å². The summed E-state index contributed by atoms with van der Waals surface area (Å²) in [5.74, 6) is -0.298. The monoisotopic (exact) mass is 199 g/mol. The molecule has 0 spiro atoms. The Morgan fingerprint density at radius 3 is 2.57 bits per heavy atom. The highest BCUT2D eigenvalue weighted by molar-refractivity contribution is 5.31. The van der Waals surface area contributed by atoms with Crippen molar-refractivity contribution >= 4 is 0 Å². The van der Waals surface area contributed by atoms with E-state index in [4.69, 9.17) is 10.5 Å². The lowest BCUT2D eigenvalue weighted by molar-refractivity contribution is 0.164. The quantitative estimate of drug-likeness (QED) is 0.769. The van der Waals surface area contributed by atoms with Crippen molar-refractivity contribution in [1.29, 1.82) is 0 Å². The zero-order valence-corrected chi connectivity index (χ0v) is 8.20. The molecule has 0 aliphatic carbocycles. The summed E-state index contributed by atoms with van der Waals surface area (Å²) in [6.07, 6.45) is -0.706. The van der Waals surface area contributed by atoms with Gasteiger partial charge >= 0.3 is 0 Å². The number of aliphatic hydroxyl groups is 1. The van der Waals surface area contributed by atoms with Crippen molar-refractivity contribution in [3.63, 3.8) is 0 Å². The number of hydrogen-bond acceptors (Lipinski definition) is 3. The Labute approximate surface area is 82.3 Å². The smallest absolute Gasteiger partial charge is 0.165 e. The van der Waals surface area contributed by atoms with Crippen LogP contribution in [0.1, 0.15) is 18.5 Å². The van der Waals surface area contributed by atoms with Crippen molar-refractivity contribution < 1.29 is 14.2 Å². The van der Waals surface area contributed by atoms with E-state index in [2.05, 4.69) is 0 Å². The maximum absolute atomic E-state index is 13.2. The van der Waals surface area contributed by atoms with Gasteiger partial charge < -0.3 is 15.6 Å². The number of ether oxygens (including phenoxy) is 1. The second-order valence-electron chi connectivity index (χ2n) is 3.16. The number of hydrogen-bond donors (Lipinski definition) is 2. The molecule has 1 aromatic carbocycles. The van der Waals surface area contributed by atoms with Crippen LogP contribution in [0.25, 0.3) is 0 Å². The third-order valence-corrected chi connectivity index (χ3v) is 2.08. The van der Waals surface area contributed by atoms with E-state index in [-0.39, 0.29) is 5.75 Å². The first-order chi connectivity index (χ1) is 6.56. The molecule has 0 saturated carbocycles. The molecule has 78 valence electrons. The molecule has 4 heteroatoms. The van der Waals surface area contributed by atoms with E-state index in [0.717, 1.165) is 0 Å². The number of rotatable bonds is 3. The first kappa shape index (κ1) is 10.9. The fourth-order valence-corrected chi connectivity index (χ4v) is 1.17. The number of benzene rings is 1. The van der Waals surface area contributed by atoms with Crippen LogP contribution in [-0.4, -0.2) is 18.3 Å². The Morgan fingerprint density at radius 1 is 1.50 bits per heavy atom. The SMILES string of the molecule is COc1ccc([C@@H](N)[C@@H](C)O)cc1F. The fraction of sp³-hybridized carbons (Fsp3) is 0.400. The van der Waals surface area contributed by atoms with Gasteiger partial charge in [0.15, 0.2) is 11.6 Å². The molecular weight excluding hydrogens is 185 g/mol. The minimum atomic E-state index is -0.706. The van der Waals surface area contributed by atoms with Gasteiger partial charge in [0.2, 0.25) is 0 Å². The summed E-state index contributed by atoms with van der Waals surface area (Å²) in [5.41, 5.74) is 6.19. The minimum absolute atomic E-state index is 0.173. The molecule has 0 aliphatic rings. The second-order valence-corrected chi connectivity index (χ2v) is 3.16. The molecule has 0 heterocycles. The van der Waals surface area contributed by atoms with Gasteiger partial charge in [-0.25, -0.2) is 4.39 Å². The molecular formula is C10H14FNO2. The van der Waals surface area contributed by atoms with Crippen LogP contribution in [0.5, 0.6) is 5.75 Å². The van der Waals surface area contributed by atoms with Crippen LogP contribution >= 0.6 is 0 Å². The normalized spacial score (nSPS) is 14.9. The first-order valence-corrected chi connectivity index (χ1v) is 4.33. The van der Waals surface area contributed by atoms with Gasteiger partial charge in [0.05, 0.1) is 19.3 Å². The predicted molar refractivity (Wildman–Crippen MR) is 51.6 cm³/mol. The van der Waals surface area contributed by atoms with Gasteiger partial charge in [0, 0.05) is 0 Å². The van der Waals surface area contributed by atoms with Gasteiger partial charge in [-0.05, 0) is 24.6 Å².